The van der Waals surface area contributed by atoms with Crippen molar-refractivity contribution in [2.45, 2.75) is 13.3 Å². The largest absolute Gasteiger partial charge is 0.336 e. The van der Waals surface area contributed by atoms with Crippen molar-refractivity contribution in [3.63, 3.8) is 0 Å². The van der Waals surface area contributed by atoms with Crippen LogP contribution in [0.25, 0.3) is 11.3 Å². The first-order valence-corrected chi connectivity index (χ1v) is 10.8. The number of aryl methyl sites for hydroxylation is 1. The van der Waals surface area contributed by atoms with Gasteiger partial charge in [0.2, 0.25) is 5.95 Å². The Balaban J connectivity index is 1.64. The zero-order valence-corrected chi connectivity index (χ0v) is 17.9. The van der Waals surface area contributed by atoms with Gasteiger partial charge < -0.3 is 10.2 Å². The molecule has 3 heterocycles. The fourth-order valence-corrected chi connectivity index (χ4v) is 4.50. The monoisotopic (exact) mass is 455 g/mol. The van der Waals surface area contributed by atoms with Crippen LogP contribution in [0, 0.1) is 18.6 Å². The highest BCUT2D eigenvalue weighted by Crippen LogP contribution is 2.42. The second-order valence-electron chi connectivity index (χ2n) is 7.12. The highest BCUT2D eigenvalue weighted by molar-refractivity contribution is 7.13. The van der Waals surface area contributed by atoms with Gasteiger partial charge in [0, 0.05) is 28.7 Å². The first-order valence-electron chi connectivity index (χ1n) is 9.56. The zero-order chi connectivity index (χ0) is 21.5. The van der Waals surface area contributed by atoms with Gasteiger partial charge in [0.15, 0.2) is 5.13 Å². The van der Waals surface area contributed by atoms with Gasteiger partial charge in [0.1, 0.15) is 17.3 Å². The number of fused-ring (bicyclic) bond motifs is 3. The van der Waals surface area contributed by atoms with Crippen LogP contribution in [-0.4, -0.2) is 21.5 Å². The summed E-state index contributed by atoms with van der Waals surface area (Å²) in [5, 5.41) is 6.22. The molecule has 0 spiro atoms. The van der Waals surface area contributed by atoms with Gasteiger partial charge in [-0.1, -0.05) is 17.7 Å². The maximum absolute atomic E-state index is 14.6. The van der Waals surface area contributed by atoms with Gasteiger partial charge >= 0.3 is 0 Å². The highest BCUT2D eigenvalue weighted by atomic mass is 35.5. The Morgan fingerprint density at radius 3 is 2.68 bits per heavy atom. The van der Waals surface area contributed by atoms with E-state index in [1.165, 1.54) is 29.5 Å². The maximum atomic E-state index is 14.6. The average molecular weight is 456 g/mol. The molecule has 9 heteroatoms. The summed E-state index contributed by atoms with van der Waals surface area (Å²) < 4.78 is 29.3. The summed E-state index contributed by atoms with van der Waals surface area (Å²) in [6, 6.07) is 9.11. The van der Waals surface area contributed by atoms with Crippen LogP contribution in [0.3, 0.4) is 0 Å². The molecule has 2 aromatic carbocycles. The van der Waals surface area contributed by atoms with E-state index < -0.39 is 11.6 Å². The molecule has 0 atom stereocenters. The predicted octanol–water partition coefficient (Wildman–Crippen LogP) is 6.28. The second kappa shape index (κ2) is 7.86. The first-order chi connectivity index (χ1) is 15.0. The van der Waals surface area contributed by atoms with E-state index in [-0.39, 0.29) is 5.69 Å². The van der Waals surface area contributed by atoms with Crippen molar-refractivity contribution >= 4 is 45.4 Å². The number of benzene rings is 2. The van der Waals surface area contributed by atoms with Crippen molar-refractivity contribution in [2.75, 3.05) is 16.8 Å². The molecule has 5 nitrogen and oxygen atoms in total. The predicted molar refractivity (Wildman–Crippen MR) is 120 cm³/mol. The SMILES string of the molecule is Cc1csc(Nc2ncc3c(n2)-c2ccc(Cl)cc2N(c2c(F)cccc2F)CC3)n1. The van der Waals surface area contributed by atoms with Gasteiger partial charge in [-0.3, -0.25) is 0 Å². The van der Waals surface area contributed by atoms with Gasteiger partial charge in [-0.05, 0) is 49.2 Å². The Hall–Kier alpha value is -3.10. The summed E-state index contributed by atoms with van der Waals surface area (Å²) in [4.78, 5) is 15.1. The van der Waals surface area contributed by atoms with Crippen LogP contribution in [-0.2, 0) is 6.42 Å². The standard InChI is InChI=1S/C22H16ClF2N5S/c1-12-11-31-22(27-12)29-21-26-10-13-7-8-30(20-16(24)3-2-4-17(20)25)18-9-14(23)5-6-15(18)19(13)28-21/h2-6,9-11H,7-8H2,1H3,(H,26,27,28,29). The number of halogens is 3. The van der Waals surface area contributed by atoms with Gasteiger partial charge in [-0.25, -0.2) is 23.7 Å². The third-order valence-electron chi connectivity index (χ3n) is 5.02. The molecule has 0 radical (unpaired) electrons. The highest BCUT2D eigenvalue weighted by Gasteiger charge is 2.26. The number of nitrogens with one attached hydrogen (secondary N) is 1. The van der Waals surface area contributed by atoms with Crippen molar-refractivity contribution in [3.05, 3.63) is 75.9 Å². The van der Waals surface area contributed by atoms with Crippen LogP contribution >= 0.6 is 22.9 Å². The Morgan fingerprint density at radius 1 is 1.13 bits per heavy atom. The van der Waals surface area contributed by atoms with Crippen molar-refractivity contribution < 1.29 is 8.78 Å². The van der Waals surface area contributed by atoms with Gasteiger partial charge in [-0.2, -0.15) is 0 Å². The summed E-state index contributed by atoms with van der Waals surface area (Å²) in [5.74, 6) is -0.867. The van der Waals surface area contributed by atoms with E-state index in [9.17, 15) is 8.78 Å². The van der Waals surface area contributed by atoms with Gasteiger partial charge in [0.05, 0.1) is 17.1 Å². The molecule has 0 aliphatic carbocycles. The Labute approximate surface area is 186 Å². The Morgan fingerprint density at radius 2 is 1.94 bits per heavy atom. The molecule has 0 saturated heterocycles. The number of rotatable bonds is 3. The number of para-hydroxylation sites is 1. The number of nitrogens with zero attached hydrogens (tertiary/aromatic N) is 4. The van der Waals surface area contributed by atoms with Crippen LogP contribution in [0.1, 0.15) is 11.3 Å². The summed E-state index contributed by atoms with van der Waals surface area (Å²) in [7, 11) is 0. The van der Waals surface area contributed by atoms with E-state index in [0.717, 1.165) is 16.8 Å². The van der Waals surface area contributed by atoms with Crippen molar-refractivity contribution in [1.29, 1.82) is 0 Å². The molecule has 2 aromatic heterocycles. The minimum absolute atomic E-state index is 0.108. The Bertz CT molecular complexity index is 1270. The third kappa shape index (κ3) is 3.73. The molecule has 5 rings (SSSR count). The third-order valence-corrected chi connectivity index (χ3v) is 6.13. The molecule has 156 valence electrons. The van der Waals surface area contributed by atoms with Gasteiger partial charge in [-0.15, -0.1) is 11.3 Å². The van der Waals surface area contributed by atoms with Crippen LogP contribution in [0.4, 0.5) is 31.2 Å². The van der Waals surface area contributed by atoms with E-state index in [1.54, 1.807) is 23.2 Å². The number of hydrogen-bond acceptors (Lipinski definition) is 6. The normalized spacial score (nSPS) is 12.8. The van der Waals surface area contributed by atoms with Crippen LogP contribution in [0.2, 0.25) is 5.02 Å². The molecule has 0 fully saturated rings. The lowest BCUT2D eigenvalue weighted by atomic mass is 10.0. The smallest absolute Gasteiger partial charge is 0.229 e. The van der Waals surface area contributed by atoms with Crippen LogP contribution in [0.5, 0.6) is 0 Å². The maximum Gasteiger partial charge on any atom is 0.229 e. The van der Waals surface area contributed by atoms with Crippen LogP contribution < -0.4 is 10.2 Å². The van der Waals surface area contributed by atoms with E-state index in [4.69, 9.17) is 16.6 Å². The summed E-state index contributed by atoms with van der Waals surface area (Å²) >= 11 is 7.73. The lowest BCUT2D eigenvalue weighted by Crippen LogP contribution is -2.21. The molecule has 0 amide bonds. The summed E-state index contributed by atoms with van der Waals surface area (Å²) in [6.45, 7) is 2.26. The minimum atomic E-state index is -0.635. The quantitative estimate of drug-likeness (QED) is 0.394. The molecule has 1 N–H and O–H groups in total. The fourth-order valence-electron chi connectivity index (χ4n) is 3.65. The summed E-state index contributed by atoms with van der Waals surface area (Å²) in [5.41, 5.74) is 3.68. The first kappa shape index (κ1) is 19.8. The second-order valence-corrected chi connectivity index (χ2v) is 8.41. The minimum Gasteiger partial charge on any atom is -0.336 e. The molecule has 0 bridgehead atoms. The number of thiazole rings is 1. The molecule has 31 heavy (non-hydrogen) atoms. The zero-order valence-electron chi connectivity index (χ0n) is 16.4. The molecule has 4 aromatic rings. The van der Waals surface area contributed by atoms with Crippen molar-refractivity contribution in [1.82, 2.24) is 15.0 Å². The van der Waals surface area contributed by atoms with Crippen LogP contribution in [0.15, 0.2) is 48.0 Å². The van der Waals surface area contributed by atoms with Gasteiger partial charge in [0.25, 0.3) is 0 Å². The molecular formula is C22H16ClF2N5S. The van der Waals surface area contributed by atoms with E-state index in [2.05, 4.69) is 15.3 Å². The number of anilines is 4. The van der Waals surface area contributed by atoms with E-state index in [0.29, 0.717) is 40.4 Å². The molecular weight excluding hydrogens is 440 g/mol. The topological polar surface area (TPSA) is 53.9 Å². The lowest BCUT2D eigenvalue weighted by Gasteiger charge is -2.26. The summed E-state index contributed by atoms with van der Waals surface area (Å²) in [6.07, 6.45) is 2.25. The molecule has 0 unspecified atom stereocenters. The lowest BCUT2D eigenvalue weighted by molar-refractivity contribution is 0.580. The Kier molecular flexibility index (Phi) is 5.03. The number of aromatic nitrogens is 3. The van der Waals surface area contributed by atoms with Crippen molar-refractivity contribution in [2.24, 2.45) is 0 Å². The van der Waals surface area contributed by atoms with E-state index >= 15 is 0 Å². The molecule has 0 saturated carbocycles. The molecule has 1 aliphatic heterocycles. The fraction of sp³-hybridized carbons (Fsp3) is 0.136. The molecule has 1 aliphatic rings. The van der Waals surface area contributed by atoms with E-state index in [1.807, 2.05) is 18.4 Å². The number of hydrogen-bond donors (Lipinski definition) is 1. The average Bonchev–Trinajstić information content (AvgIpc) is 3.08. The van der Waals surface area contributed by atoms with Crippen molar-refractivity contribution in [3.8, 4) is 11.3 Å².